The molecule has 0 saturated carbocycles. The highest BCUT2D eigenvalue weighted by atomic mass is 16.6. The predicted octanol–water partition coefficient (Wildman–Crippen LogP) is 3.22. The molecule has 0 spiro atoms. The van der Waals surface area contributed by atoms with E-state index in [2.05, 4.69) is 6.07 Å². The minimum atomic E-state index is -0.514. The number of likely N-dealkylation sites (tertiary alicyclic amines) is 1. The molecule has 0 radical (unpaired) electrons. The number of nitrogens with zero attached hydrogens (tertiary/aromatic N) is 3. The summed E-state index contributed by atoms with van der Waals surface area (Å²) in [4.78, 5) is 28.3. The number of ether oxygens (including phenoxy) is 1. The summed E-state index contributed by atoms with van der Waals surface area (Å²) >= 11 is 0. The van der Waals surface area contributed by atoms with E-state index < -0.39 is 5.60 Å². The molecule has 1 aromatic rings. The molecule has 26 heavy (non-hydrogen) atoms. The summed E-state index contributed by atoms with van der Waals surface area (Å²) in [6.45, 7) is 6.76. The molecule has 2 rings (SSSR count). The molecule has 0 bridgehead atoms. The normalized spacial score (nSPS) is 15.3. The van der Waals surface area contributed by atoms with Gasteiger partial charge in [-0.15, -0.1) is 0 Å². The Labute approximate surface area is 155 Å². The van der Waals surface area contributed by atoms with Crippen LogP contribution in [0.5, 0.6) is 0 Å². The largest absolute Gasteiger partial charge is 0.444 e. The first-order valence-corrected chi connectivity index (χ1v) is 8.92. The van der Waals surface area contributed by atoms with Crippen LogP contribution in [0.4, 0.5) is 4.79 Å². The van der Waals surface area contributed by atoms with E-state index in [-0.39, 0.29) is 18.0 Å². The number of carbonyl (C=O) groups excluding carboxylic acids is 2. The quantitative estimate of drug-likeness (QED) is 0.832. The van der Waals surface area contributed by atoms with Crippen LogP contribution in [0.25, 0.3) is 0 Å². The standard InChI is InChI=1S/C20H27N3O3/c1-20(2,3)26-19(25)22(4)17-10-13-23(14-11-17)18(24)16-7-5-15(6-8-16)9-12-21/h5-8,17H,9-11,13-14H2,1-4H3. The zero-order chi connectivity index (χ0) is 19.3. The number of amides is 2. The minimum absolute atomic E-state index is 0.00752. The van der Waals surface area contributed by atoms with Crippen LogP contribution in [0, 0.1) is 11.3 Å². The minimum Gasteiger partial charge on any atom is -0.444 e. The summed E-state index contributed by atoms with van der Waals surface area (Å²) in [5.74, 6) is -0.00752. The Morgan fingerprint density at radius 3 is 2.31 bits per heavy atom. The first-order chi connectivity index (χ1) is 12.2. The van der Waals surface area contributed by atoms with Crippen molar-refractivity contribution in [1.82, 2.24) is 9.80 Å². The van der Waals surface area contributed by atoms with Crippen molar-refractivity contribution in [3.8, 4) is 6.07 Å². The van der Waals surface area contributed by atoms with Gasteiger partial charge in [-0.1, -0.05) is 12.1 Å². The fourth-order valence-electron chi connectivity index (χ4n) is 2.98. The van der Waals surface area contributed by atoms with Crippen molar-refractivity contribution in [3.05, 3.63) is 35.4 Å². The molecule has 0 aliphatic carbocycles. The SMILES string of the molecule is CN(C(=O)OC(C)(C)C)C1CCN(C(=O)c2ccc(CC#N)cc2)CC1. The van der Waals surface area contributed by atoms with Gasteiger partial charge in [0, 0.05) is 31.7 Å². The lowest BCUT2D eigenvalue weighted by Crippen LogP contribution is -2.48. The van der Waals surface area contributed by atoms with E-state index in [9.17, 15) is 9.59 Å². The Morgan fingerprint density at radius 2 is 1.81 bits per heavy atom. The Bertz CT molecular complexity index is 678. The summed E-state index contributed by atoms with van der Waals surface area (Å²) in [5, 5.41) is 8.71. The Kier molecular flexibility index (Phi) is 6.25. The van der Waals surface area contributed by atoms with Gasteiger partial charge in [0.1, 0.15) is 5.60 Å². The zero-order valence-corrected chi connectivity index (χ0v) is 16.0. The van der Waals surface area contributed by atoms with Crippen molar-refractivity contribution in [2.24, 2.45) is 0 Å². The number of carbonyl (C=O) groups is 2. The molecule has 1 heterocycles. The first-order valence-electron chi connectivity index (χ1n) is 8.92. The Hall–Kier alpha value is -2.55. The number of piperidine rings is 1. The van der Waals surface area contributed by atoms with Crippen LogP contribution in [-0.4, -0.2) is 53.6 Å². The number of hydrogen-bond acceptors (Lipinski definition) is 4. The van der Waals surface area contributed by atoms with Crippen molar-refractivity contribution in [1.29, 1.82) is 5.26 Å². The Balaban J connectivity index is 1.90. The zero-order valence-electron chi connectivity index (χ0n) is 16.0. The van der Waals surface area contributed by atoms with Gasteiger partial charge in [0.25, 0.3) is 5.91 Å². The van der Waals surface area contributed by atoms with Gasteiger partial charge in [-0.25, -0.2) is 4.79 Å². The number of nitriles is 1. The Morgan fingerprint density at radius 1 is 1.23 bits per heavy atom. The molecule has 140 valence electrons. The third-order valence-corrected chi connectivity index (χ3v) is 4.46. The highest BCUT2D eigenvalue weighted by Gasteiger charge is 2.30. The third-order valence-electron chi connectivity index (χ3n) is 4.46. The average molecular weight is 357 g/mol. The van der Waals surface area contributed by atoms with Crippen molar-refractivity contribution < 1.29 is 14.3 Å². The van der Waals surface area contributed by atoms with E-state index in [1.165, 1.54) is 0 Å². The lowest BCUT2D eigenvalue weighted by molar-refractivity contribution is 0.0156. The lowest BCUT2D eigenvalue weighted by atomic mass is 10.0. The highest BCUT2D eigenvalue weighted by Crippen LogP contribution is 2.20. The smallest absolute Gasteiger partial charge is 0.410 e. The summed E-state index contributed by atoms with van der Waals surface area (Å²) in [6, 6.07) is 9.35. The third kappa shape index (κ3) is 5.22. The van der Waals surface area contributed by atoms with E-state index >= 15 is 0 Å². The van der Waals surface area contributed by atoms with E-state index in [4.69, 9.17) is 10.00 Å². The molecule has 1 aromatic carbocycles. The maximum absolute atomic E-state index is 12.6. The molecule has 0 unspecified atom stereocenters. The van der Waals surface area contributed by atoms with Gasteiger partial charge < -0.3 is 14.5 Å². The van der Waals surface area contributed by atoms with Crippen molar-refractivity contribution in [2.75, 3.05) is 20.1 Å². The molecule has 6 nitrogen and oxygen atoms in total. The van der Waals surface area contributed by atoms with Crippen LogP contribution in [0.1, 0.15) is 49.5 Å². The number of benzene rings is 1. The monoisotopic (exact) mass is 357 g/mol. The lowest BCUT2D eigenvalue weighted by Gasteiger charge is -2.37. The van der Waals surface area contributed by atoms with Crippen LogP contribution < -0.4 is 0 Å². The molecule has 6 heteroatoms. The first kappa shape index (κ1) is 19.8. The van der Waals surface area contributed by atoms with Gasteiger partial charge in [0.15, 0.2) is 0 Å². The molecular formula is C20H27N3O3. The van der Waals surface area contributed by atoms with E-state index in [0.29, 0.717) is 25.1 Å². The molecule has 0 aromatic heterocycles. The molecule has 0 N–H and O–H groups in total. The van der Waals surface area contributed by atoms with E-state index in [1.807, 2.05) is 37.8 Å². The van der Waals surface area contributed by atoms with Gasteiger partial charge in [0.2, 0.25) is 0 Å². The second-order valence-electron chi connectivity index (χ2n) is 7.65. The molecule has 1 aliphatic heterocycles. The van der Waals surface area contributed by atoms with Gasteiger partial charge in [-0.2, -0.15) is 5.26 Å². The van der Waals surface area contributed by atoms with Gasteiger partial charge >= 0.3 is 6.09 Å². The van der Waals surface area contributed by atoms with Crippen molar-refractivity contribution in [3.63, 3.8) is 0 Å². The fraction of sp³-hybridized carbons (Fsp3) is 0.550. The van der Waals surface area contributed by atoms with E-state index in [1.54, 1.807) is 24.1 Å². The summed E-state index contributed by atoms with van der Waals surface area (Å²) in [7, 11) is 1.75. The van der Waals surface area contributed by atoms with Crippen LogP contribution in [0.3, 0.4) is 0 Å². The number of rotatable bonds is 3. The van der Waals surface area contributed by atoms with Gasteiger partial charge in [0.05, 0.1) is 12.5 Å². The molecule has 1 fully saturated rings. The summed E-state index contributed by atoms with van der Waals surface area (Å²) < 4.78 is 5.41. The summed E-state index contributed by atoms with van der Waals surface area (Å²) in [5.41, 5.74) is 1.02. The molecule has 1 saturated heterocycles. The maximum Gasteiger partial charge on any atom is 0.410 e. The maximum atomic E-state index is 12.6. The van der Waals surface area contributed by atoms with Gasteiger partial charge in [-0.3, -0.25) is 4.79 Å². The van der Waals surface area contributed by atoms with Crippen molar-refractivity contribution in [2.45, 2.75) is 51.7 Å². The van der Waals surface area contributed by atoms with Crippen LogP contribution in [-0.2, 0) is 11.2 Å². The summed E-state index contributed by atoms with van der Waals surface area (Å²) in [6.07, 6.45) is 1.48. The second kappa shape index (κ2) is 8.22. The van der Waals surface area contributed by atoms with Crippen LogP contribution in [0.2, 0.25) is 0 Å². The highest BCUT2D eigenvalue weighted by molar-refractivity contribution is 5.94. The predicted molar refractivity (Wildman–Crippen MR) is 98.7 cm³/mol. The number of hydrogen-bond donors (Lipinski definition) is 0. The molecule has 2 amide bonds. The fourth-order valence-corrected chi connectivity index (χ4v) is 2.98. The molecule has 0 atom stereocenters. The molecular weight excluding hydrogens is 330 g/mol. The van der Waals surface area contributed by atoms with Crippen LogP contribution >= 0.6 is 0 Å². The van der Waals surface area contributed by atoms with Crippen LogP contribution in [0.15, 0.2) is 24.3 Å². The van der Waals surface area contributed by atoms with Gasteiger partial charge in [-0.05, 0) is 51.3 Å². The van der Waals surface area contributed by atoms with E-state index in [0.717, 1.165) is 18.4 Å². The topological polar surface area (TPSA) is 73.6 Å². The van der Waals surface area contributed by atoms with Crippen molar-refractivity contribution >= 4 is 12.0 Å². The molecule has 1 aliphatic rings. The average Bonchev–Trinajstić information content (AvgIpc) is 2.60. The second-order valence-corrected chi connectivity index (χ2v) is 7.65.